The molecule has 0 radical (unpaired) electrons. The van der Waals surface area contributed by atoms with Gasteiger partial charge in [0.1, 0.15) is 0 Å². The maximum atomic E-state index is 13.3. The summed E-state index contributed by atoms with van der Waals surface area (Å²) in [5.41, 5.74) is 3.72. The number of hydrogen-bond acceptors (Lipinski definition) is 4. The fourth-order valence-corrected chi connectivity index (χ4v) is 6.73. The number of aryl methyl sites for hydroxylation is 3. The normalized spacial score (nSPS) is 15.8. The average Bonchev–Trinajstić information content (AvgIpc) is 2.73. The van der Waals surface area contributed by atoms with Crippen LogP contribution in [0, 0.1) is 26.7 Å². The van der Waals surface area contributed by atoms with Gasteiger partial charge in [0.25, 0.3) is 0 Å². The molecule has 1 amide bonds. The van der Waals surface area contributed by atoms with Crippen molar-refractivity contribution in [3.63, 3.8) is 0 Å². The predicted octanol–water partition coefficient (Wildman–Crippen LogP) is 4.39. The summed E-state index contributed by atoms with van der Waals surface area (Å²) in [4.78, 5) is 16.3. The molecule has 3 rings (SSSR count). The van der Waals surface area contributed by atoms with E-state index >= 15 is 0 Å². The van der Waals surface area contributed by atoms with Gasteiger partial charge in [-0.2, -0.15) is 4.31 Å². The molecule has 0 aromatic heterocycles. The van der Waals surface area contributed by atoms with Crippen LogP contribution in [0.2, 0.25) is 0 Å². The van der Waals surface area contributed by atoms with E-state index in [0.717, 1.165) is 22.3 Å². The molecule has 2 aromatic carbocycles. The number of rotatable bonds is 6. The summed E-state index contributed by atoms with van der Waals surface area (Å²) in [5.74, 6) is -0.0455. The van der Waals surface area contributed by atoms with Crippen LogP contribution in [-0.2, 0) is 21.4 Å². The van der Waals surface area contributed by atoms with Crippen molar-refractivity contribution in [3.05, 3.63) is 58.7 Å². The number of benzene rings is 2. The van der Waals surface area contributed by atoms with Crippen molar-refractivity contribution in [2.75, 3.05) is 26.4 Å². The first-order valence-corrected chi connectivity index (χ1v) is 13.3. The summed E-state index contributed by atoms with van der Waals surface area (Å²) < 4.78 is 28.1. The van der Waals surface area contributed by atoms with E-state index in [1.54, 1.807) is 21.0 Å². The van der Waals surface area contributed by atoms with Crippen molar-refractivity contribution in [2.24, 2.45) is 5.92 Å². The lowest BCUT2D eigenvalue weighted by molar-refractivity contribution is -0.135. The minimum atomic E-state index is -3.56. The summed E-state index contributed by atoms with van der Waals surface area (Å²) in [6, 6.07) is 12.1. The lowest BCUT2D eigenvalue weighted by atomic mass is 9.96. The highest BCUT2D eigenvalue weighted by atomic mass is 32.2. The Morgan fingerprint density at radius 1 is 1.06 bits per heavy atom. The molecule has 0 atom stereocenters. The van der Waals surface area contributed by atoms with Crippen LogP contribution in [0.3, 0.4) is 0 Å². The van der Waals surface area contributed by atoms with Gasteiger partial charge in [-0.25, -0.2) is 8.42 Å². The minimum absolute atomic E-state index is 0.0914. The summed E-state index contributed by atoms with van der Waals surface area (Å²) >= 11 is 1.69. The molecule has 1 aliphatic heterocycles. The number of carbonyl (C=O) groups is 1. The first-order valence-electron chi connectivity index (χ1n) is 10.6. The Balaban J connectivity index is 1.63. The molecule has 1 aliphatic rings. The molecule has 0 N–H and O–H groups in total. The van der Waals surface area contributed by atoms with Gasteiger partial charge in [0, 0.05) is 37.5 Å². The third-order valence-electron chi connectivity index (χ3n) is 5.96. The van der Waals surface area contributed by atoms with Crippen molar-refractivity contribution in [2.45, 2.75) is 49.9 Å². The SMILES string of the molecule is CSc1ccc(CN(C)C(=O)C2CCN(S(=O)(=O)c3c(C)cc(C)cc3C)CC2)cc1. The number of carbonyl (C=O) groups excluding carboxylic acids is 1. The Kier molecular flexibility index (Phi) is 7.50. The molecule has 0 saturated carbocycles. The number of sulfonamides is 1. The quantitative estimate of drug-likeness (QED) is 0.600. The third kappa shape index (κ3) is 5.33. The van der Waals surface area contributed by atoms with Gasteiger partial charge >= 0.3 is 0 Å². The lowest BCUT2D eigenvalue weighted by Gasteiger charge is -2.33. The molecule has 31 heavy (non-hydrogen) atoms. The first kappa shape index (κ1) is 23.8. The van der Waals surface area contributed by atoms with Crippen LogP contribution in [-0.4, -0.2) is 49.9 Å². The Morgan fingerprint density at radius 3 is 2.13 bits per heavy atom. The standard InChI is InChI=1S/C24H32N2O3S2/c1-17-14-18(2)23(19(3)15-17)31(28,29)26-12-10-21(11-13-26)24(27)25(4)16-20-6-8-22(30-5)9-7-20/h6-9,14-15,21H,10-13,16H2,1-5H3. The highest BCUT2D eigenvalue weighted by Gasteiger charge is 2.34. The van der Waals surface area contributed by atoms with Gasteiger partial charge in [-0.1, -0.05) is 29.8 Å². The van der Waals surface area contributed by atoms with Gasteiger partial charge < -0.3 is 4.90 Å². The number of piperidine rings is 1. The molecule has 2 aromatic rings. The summed E-state index contributed by atoms with van der Waals surface area (Å²) in [6.45, 7) is 6.99. The van der Waals surface area contributed by atoms with Crippen LogP contribution >= 0.6 is 11.8 Å². The number of hydrogen-bond donors (Lipinski definition) is 0. The molecule has 7 heteroatoms. The van der Waals surface area contributed by atoms with E-state index in [-0.39, 0.29) is 11.8 Å². The Morgan fingerprint density at radius 2 is 1.61 bits per heavy atom. The zero-order chi connectivity index (χ0) is 22.8. The Labute approximate surface area is 190 Å². The second-order valence-corrected chi connectivity index (χ2v) is 11.2. The van der Waals surface area contributed by atoms with Gasteiger partial charge in [0.2, 0.25) is 15.9 Å². The first-order chi connectivity index (χ1) is 14.6. The highest BCUT2D eigenvalue weighted by Crippen LogP contribution is 2.29. The fraction of sp³-hybridized carbons (Fsp3) is 0.458. The maximum Gasteiger partial charge on any atom is 0.243 e. The van der Waals surface area contributed by atoms with Crippen LogP contribution < -0.4 is 0 Å². The predicted molar refractivity (Wildman–Crippen MR) is 127 cm³/mol. The zero-order valence-corrected chi connectivity index (χ0v) is 20.6. The van der Waals surface area contributed by atoms with Crippen molar-refractivity contribution < 1.29 is 13.2 Å². The van der Waals surface area contributed by atoms with Crippen LogP contribution in [0.25, 0.3) is 0 Å². The number of thioether (sulfide) groups is 1. The molecule has 1 saturated heterocycles. The van der Waals surface area contributed by atoms with Crippen molar-refractivity contribution >= 4 is 27.7 Å². The van der Waals surface area contributed by atoms with E-state index in [1.165, 1.54) is 4.90 Å². The molecule has 168 valence electrons. The van der Waals surface area contributed by atoms with Gasteiger partial charge in [-0.3, -0.25) is 4.79 Å². The second-order valence-electron chi connectivity index (χ2n) is 8.45. The molecule has 1 heterocycles. The molecule has 5 nitrogen and oxygen atoms in total. The van der Waals surface area contributed by atoms with E-state index in [4.69, 9.17) is 0 Å². The molecule has 1 fully saturated rings. The second kappa shape index (κ2) is 9.76. The molecule has 0 spiro atoms. The molecular weight excluding hydrogens is 428 g/mol. The average molecular weight is 461 g/mol. The van der Waals surface area contributed by atoms with E-state index in [2.05, 4.69) is 24.3 Å². The number of amides is 1. The van der Waals surface area contributed by atoms with Gasteiger partial charge in [-0.15, -0.1) is 11.8 Å². The lowest BCUT2D eigenvalue weighted by Crippen LogP contribution is -2.43. The van der Waals surface area contributed by atoms with E-state index < -0.39 is 10.0 Å². The smallest absolute Gasteiger partial charge is 0.243 e. The molecule has 0 bridgehead atoms. The van der Waals surface area contributed by atoms with E-state index in [9.17, 15) is 13.2 Å². The van der Waals surface area contributed by atoms with Crippen LogP contribution in [0.5, 0.6) is 0 Å². The van der Waals surface area contributed by atoms with Gasteiger partial charge in [-0.05, 0) is 68.7 Å². The third-order valence-corrected chi connectivity index (χ3v) is 8.91. The molecule has 0 unspecified atom stereocenters. The highest BCUT2D eigenvalue weighted by molar-refractivity contribution is 7.98. The van der Waals surface area contributed by atoms with Crippen LogP contribution in [0.4, 0.5) is 0 Å². The Bertz CT molecular complexity index is 1020. The Hall–Kier alpha value is -1.83. The molecule has 0 aliphatic carbocycles. The zero-order valence-electron chi connectivity index (χ0n) is 19.0. The van der Waals surface area contributed by atoms with Crippen molar-refractivity contribution in [1.29, 1.82) is 0 Å². The molecular formula is C24H32N2O3S2. The fourth-order valence-electron chi connectivity index (χ4n) is 4.44. The monoisotopic (exact) mass is 460 g/mol. The summed E-state index contributed by atoms with van der Waals surface area (Å²) in [5, 5.41) is 0. The van der Waals surface area contributed by atoms with Gasteiger partial charge in [0.05, 0.1) is 4.90 Å². The minimum Gasteiger partial charge on any atom is -0.341 e. The van der Waals surface area contributed by atoms with Crippen LogP contribution in [0.15, 0.2) is 46.2 Å². The summed E-state index contributed by atoms with van der Waals surface area (Å²) in [7, 11) is -1.73. The largest absolute Gasteiger partial charge is 0.341 e. The van der Waals surface area contributed by atoms with E-state index in [0.29, 0.717) is 37.4 Å². The topological polar surface area (TPSA) is 57.7 Å². The van der Waals surface area contributed by atoms with Crippen molar-refractivity contribution in [1.82, 2.24) is 9.21 Å². The number of nitrogens with zero attached hydrogens (tertiary/aromatic N) is 2. The van der Waals surface area contributed by atoms with E-state index in [1.807, 2.05) is 46.2 Å². The van der Waals surface area contributed by atoms with Crippen molar-refractivity contribution in [3.8, 4) is 0 Å². The maximum absolute atomic E-state index is 13.3. The van der Waals surface area contributed by atoms with Crippen LogP contribution in [0.1, 0.15) is 35.1 Å². The summed E-state index contributed by atoms with van der Waals surface area (Å²) in [6.07, 6.45) is 3.15. The van der Waals surface area contributed by atoms with Gasteiger partial charge in [0.15, 0.2) is 0 Å².